The van der Waals surface area contributed by atoms with Crippen LogP contribution in [0.4, 0.5) is 5.00 Å². The quantitative estimate of drug-likeness (QED) is 0.134. The van der Waals surface area contributed by atoms with Gasteiger partial charge in [-0.05, 0) is 99.2 Å². The van der Waals surface area contributed by atoms with Gasteiger partial charge in [-0.25, -0.2) is 15.0 Å². The topological polar surface area (TPSA) is 123 Å². The van der Waals surface area contributed by atoms with E-state index < -0.39 is 23.8 Å². The van der Waals surface area contributed by atoms with Gasteiger partial charge in [0.2, 0.25) is 0 Å². The van der Waals surface area contributed by atoms with Gasteiger partial charge in [0.25, 0.3) is 0 Å². The number of ether oxygens (including phenoxy) is 2. The number of benzene rings is 2. The fourth-order valence-electron chi connectivity index (χ4n) is 4.00. The third-order valence-corrected chi connectivity index (χ3v) is 7.43. The van der Waals surface area contributed by atoms with Crippen molar-refractivity contribution in [1.29, 1.82) is 0 Å². The van der Waals surface area contributed by atoms with Gasteiger partial charge in [0.05, 0.1) is 23.4 Å². The van der Waals surface area contributed by atoms with E-state index in [0.29, 0.717) is 38.2 Å². The second-order valence-corrected chi connectivity index (χ2v) is 10.2. The number of nitrogens with one attached hydrogen (secondary N) is 2. The maximum atomic E-state index is 12.6. The smallest absolute Gasteiger partial charge is 0.343 e. The zero-order chi connectivity index (χ0) is 27.9. The SMILES string of the molecule is CCOC(=O)c1c(NC(=O)C(=O)NN=C(C)c2ccc(OC(=O)c3ccc(Cl)cc3)cc2)sc2c1CCCC2. The zero-order valence-corrected chi connectivity index (χ0v) is 22.9. The Morgan fingerprint density at radius 1 is 0.923 bits per heavy atom. The first-order valence-corrected chi connectivity index (χ1v) is 13.5. The molecule has 9 nitrogen and oxygen atoms in total. The second kappa shape index (κ2) is 12.7. The molecule has 0 bridgehead atoms. The molecule has 3 aromatic rings. The molecule has 11 heteroatoms. The number of hydrogen-bond acceptors (Lipinski definition) is 8. The fourth-order valence-corrected chi connectivity index (χ4v) is 5.40. The number of hydrazone groups is 1. The first-order valence-electron chi connectivity index (χ1n) is 12.3. The minimum atomic E-state index is -0.982. The summed E-state index contributed by atoms with van der Waals surface area (Å²) < 4.78 is 10.5. The summed E-state index contributed by atoms with van der Waals surface area (Å²) in [7, 11) is 0. The predicted octanol–water partition coefficient (Wildman–Crippen LogP) is 5.16. The van der Waals surface area contributed by atoms with Crippen LogP contribution in [-0.4, -0.2) is 36.1 Å². The Labute approximate surface area is 234 Å². The molecular formula is C28H26ClN3O6S. The first-order chi connectivity index (χ1) is 18.8. The predicted molar refractivity (Wildman–Crippen MR) is 149 cm³/mol. The van der Waals surface area contributed by atoms with E-state index in [-0.39, 0.29) is 6.61 Å². The molecule has 0 aliphatic heterocycles. The number of nitrogens with zero attached hydrogens (tertiary/aromatic N) is 1. The number of carbonyl (C=O) groups excluding carboxylic acids is 4. The average Bonchev–Trinajstić information content (AvgIpc) is 3.30. The number of esters is 2. The van der Waals surface area contributed by atoms with Gasteiger partial charge in [-0.1, -0.05) is 11.6 Å². The van der Waals surface area contributed by atoms with E-state index in [0.717, 1.165) is 36.1 Å². The van der Waals surface area contributed by atoms with Crippen molar-refractivity contribution in [3.63, 3.8) is 0 Å². The number of hydrogen-bond donors (Lipinski definition) is 2. The Morgan fingerprint density at radius 3 is 2.28 bits per heavy atom. The van der Waals surface area contributed by atoms with Crippen LogP contribution in [-0.2, 0) is 27.2 Å². The van der Waals surface area contributed by atoms with Crippen LogP contribution in [0.25, 0.3) is 0 Å². The van der Waals surface area contributed by atoms with Gasteiger partial charge in [-0.2, -0.15) is 5.10 Å². The van der Waals surface area contributed by atoms with E-state index in [4.69, 9.17) is 21.1 Å². The lowest BCUT2D eigenvalue weighted by atomic mass is 9.95. The number of rotatable bonds is 7. The lowest BCUT2D eigenvalue weighted by molar-refractivity contribution is -0.136. The van der Waals surface area contributed by atoms with Crippen LogP contribution in [0, 0.1) is 0 Å². The van der Waals surface area contributed by atoms with E-state index >= 15 is 0 Å². The number of anilines is 1. The summed E-state index contributed by atoms with van der Waals surface area (Å²) >= 11 is 7.14. The molecule has 1 aliphatic carbocycles. The molecule has 0 atom stereocenters. The van der Waals surface area contributed by atoms with Crippen molar-refractivity contribution in [1.82, 2.24) is 5.43 Å². The molecule has 0 spiro atoms. The highest BCUT2D eigenvalue weighted by atomic mass is 35.5. The van der Waals surface area contributed by atoms with Crippen LogP contribution in [0.3, 0.4) is 0 Å². The molecule has 39 heavy (non-hydrogen) atoms. The number of amides is 2. The van der Waals surface area contributed by atoms with E-state index in [1.807, 2.05) is 0 Å². The summed E-state index contributed by atoms with van der Waals surface area (Å²) in [4.78, 5) is 50.9. The highest BCUT2D eigenvalue weighted by Crippen LogP contribution is 2.38. The van der Waals surface area contributed by atoms with Crippen molar-refractivity contribution in [3.8, 4) is 5.75 Å². The fraction of sp³-hybridized carbons (Fsp3) is 0.250. The Bertz CT molecular complexity index is 1430. The lowest BCUT2D eigenvalue weighted by Crippen LogP contribution is -2.33. The van der Waals surface area contributed by atoms with Gasteiger partial charge < -0.3 is 14.8 Å². The molecule has 1 heterocycles. The Kier molecular flexibility index (Phi) is 9.11. The Morgan fingerprint density at radius 2 is 1.59 bits per heavy atom. The van der Waals surface area contributed by atoms with Crippen molar-refractivity contribution >= 4 is 57.4 Å². The van der Waals surface area contributed by atoms with Crippen LogP contribution in [0.1, 0.15) is 63.4 Å². The molecule has 0 unspecified atom stereocenters. The van der Waals surface area contributed by atoms with Crippen LogP contribution in [0.15, 0.2) is 53.6 Å². The van der Waals surface area contributed by atoms with E-state index in [2.05, 4.69) is 15.8 Å². The van der Waals surface area contributed by atoms with E-state index in [1.54, 1.807) is 62.4 Å². The summed E-state index contributed by atoms with van der Waals surface area (Å²) in [5.41, 5.74) is 4.87. The van der Waals surface area contributed by atoms with Crippen molar-refractivity contribution in [3.05, 3.63) is 80.7 Å². The van der Waals surface area contributed by atoms with Crippen molar-refractivity contribution in [2.24, 2.45) is 5.10 Å². The van der Waals surface area contributed by atoms with Crippen LogP contribution < -0.4 is 15.5 Å². The molecule has 0 saturated carbocycles. The minimum absolute atomic E-state index is 0.205. The van der Waals surface area contributed by atoms with Crippen molar-refractivity contribution in [2.45, 2.75) is 39.5 Å². The van der Waals surface area contributed by atoms with E-state index in [9.17, 15) is 19.2 Å². The van der Waals surface area contributed by atoms with Gasteiger partial charge in [0.15, 0.2) is 0 Å². The molecule has 0 fully saturated rings. The lowest BCUT2D eigenvalue weighted by Gasteiger charge is -2.12. The summed E-state index contributed by atoms with van der Waals surface area (Å²) in [5.74, 6) is -2.64. The standard InChI is InChI=1S/C28H26ClN3O6S/c1-3-37-28(36)23-21-6-4-5-7-22(21)39-26(23)30-24(33)25(34)32-31-16(2)17-10-14-20(15-11-17)38-27(35)18-8-12-19(29)13-9-18/h8-15H,3-7H2,1-2H3,(H,30,33)(H,32,34). The van der Waals surface area contributed by atoms with Crippen molar-refractivity contribution in [2.75, 3.05) is 11.9 Å². The summed E-state index contributed by atoms with van der Waals surface area (Å²) in [6.45, 7) is 3.57. The minimum Gasteiger partial charge on any atom is -0.462 e. The molecule has 0 saturated heterocycles. The Hall–Kier alpha value is -4.02. The third kappa shape index (κ3) is 6.90. The van der Waals surface area contributed by atoms with Crippen LogP contribution in [0.2, 0.25) is 5.02 Å². The van der Waals surface area contributed by atoms with Gasteiger partial charge >= 0.3 is 23.8 Å². The van der Waals surface area contributed by atoms with Crippen LogP contribution in [0.5, 0.6) is 5.75 Å². The molecular weight excluding hydrogens is 542 g/mol. The Balaban J connectivity index is 1.37. The number of aryl methyl sites for hydroxylation is 1. The summed E-state index contributed by atoms with van der Waals surface area (Å²) in [5, 5.41) is 7.38. The average molecular weight is 568 g/mol. The maximum absolute atomic E-state index is 12.6. The third-order valence-electron chi connectivity index (χ3n) is 5.97. The molecule has 1 aliphatic rings. The van der Waals surface area contributed by atoms with Gasteiger partial charge in [-0.3, -0.25) is 9.59 Å². The zero-order valence-electron chi connectivity index (χ0n) is 21.3. The molecule has 202 valence electrons. The van der Waals surface area contributed by atoms with Gasteiger partial charge in [0, 0.05) is 9.90 Å². The molecule has 0 radical (unpaired) electrons. The monoisotopic (exact) mass is 567 g/mol. The number of halogens is 1. The van der Waals surface area contributed by atoms with Crippen molar-refractivity contribution < 1.29 is 28.7 Å². The molecule has 2 N–H and O–H groups in total. The molecule has 4 rings (SSSR count). The largest absolute Gasteiger partial charge is 0.462 e. The normalized spacial score (nSPS) is 12.7. The number of fused-ring (bicyclic) bond motifs is 1. The molecule has 2 aromatic carbocycles. The van der Waals surface area contributed by atoms with Gasteiger partial charge in [0.1, 0.15) is 10.8 Å². The first kappa shape index (κ1) is 28.0. The molecule has 2 amide bonds. The number of carbonyl (C=O) groups is 4. The highest BCUT2D eigenvalue weighted by Gasteiger charge is 2.28. The van der Waals surface area contributed by atoms with Crippen LogP contribution >= 0.6 is 22.9 Å². The number of thiophene rings is 1. The van der Waals surface area contributed by atoms with E-state index in [1.165, 1.54) is 11.3 Å². The highest BCUT2D eigenvalue weighted by molar-refractivity contribution is 7.17. The maximum Gasteiger partial charge on any atom is 0.343 e. The summed E-state index contributed by atoms with van der Waals surface area (Å²) in [6, 6.07) is 12.8. The second-order valence-electron chi connectivity index (χ2n) is 8.65. The summed E-state index contributed by atoms with van der Waals surface area (Å²) in [6.07, 6.45) is 3.49. The van der Waals surface area contributed by atoms with Gasteiger partial charge in [-0.15, -0.1) is 11.3 Å². The molecule has 1 aromatic heterocycles.